The third kappa shape index (κ3) is 6.80. The summed E-state index contributed by atoms with van der Waals surface area (Å²) in [7, 11) is 0. The Morgan fingerprint density at radius 2 is 1.69 bits per heavy atom. The van der Waals surface area contributed by atoms with Crippen LogP contribution in [0.3, 0.4) is 0 Å². The molecular formula is C25H28ClN3O6. The molecule has 3 N–H and O–H groups in total. The molecule has 0 aromatic heterocycles. The van der Waals surface area contributed by atoms with Gasteiger partial charge in [0.15, 0.2) is 5.78 Å². The quantitative estimate of drug-likeness (QED) is 0.421. The second kappa shape index (κ2) is 11.8. The van der Waals surface area contributed by atoms with E-state index in [1.807, 2.05) is 36.4 Å². The summed E-state index contributed by atoms with van der Waals surface area (Å²) in [5, 5.41) is 18.4. The summed E-state index contributed by atoms with van der Waals surface area (Å²) < 4.78 is 0. The summed E-state index contributed by atoms with van der Waals surface area (Å²) in [5.41, 5.74) is 3.76. The Labute approximate surface area is 208 Å². The molecule has 2 heterocycles. The molecule has 1 atom stereocenters. The number of amides is 1. The summed E-state index contributed by atoms with van der Waals surface area (Å²) in [6.45, 7) is 5.51. The van der Waals surface area contributed by atoms with Crippen LogP contribution in [0.1, 0.15) is 35.7 Å². The van der Waals surface area contributed by atoms with Crippen LogP contribution in [0.2, 0.25) is 5.02 Å². The van der Waals surface area contributed by atoms with E-state index in [2.05, 4.69) is 28.1 Å². The molecule has 9 nitrogen and oxygen atoms in total. The van der Waals surface area contributed by atoms with Crippen molar-refractivity contribution in [2.24, 2.45) is 0 Å². The monoisotopic (exact) mass is 501 g/mol. The number of carbonyl (C=O) groups is 4. The number of nitrogens with one attached hydrogen (secondary N) is 1. The van der Waals surface area contributed by atoms with Gasteiger partial charge < -0.3 is 20.4 Å². The van der Waals surface area contributed by atoms with Gasteiger partial charge in [0.25, 0.3) is 0 Å². The van der Waals surface area contributed by atoms with Crippen LogP contribution in [0.25, 0.3) is 0 Å². The number of carboxylic acid groups (broad SMARTS) is 2. The highest BCUT2D eigenvalue weighted by molar-refractivity contribution is 6.30. The first kappa shape index (κ1) is 26.2. The molecule has 0 aliphatic carbocycles. The van der Waals surface area contributed by atoms with Gasteiger partial charge in [0, 0.05) is 54.6 Å². The second-order valence-corrected chi connectivity index (χ2v) is 8.76. The number of hydrogen-bond acceptors (Lipinski definition) is 6. The molecular weight excluding hydrogens is 474 g/mol. The lowest BCUT2D eigenvalue weighted by molar-refractivity contribution is -0.159. The summed E-state index contributed by atoms with van der Waals surface area (Å²) in [6, 6.07) is 13.5. The van der Waals surface area contributed by atoms with Crippen molar-refractivity contribution in [1.29, 1.82) is 0 Å². The van der Waals surface area contributed by atoms with Crippen LogP contribution in [-0.2, 0) is 20.8 Å². The van der Waals surface area contributed by atoms with E-state index < -0.39 is 11.9 Å². The number of aryl methyl sites for hydroxylation is 1. The van der Waals surface area contributed by atoms with Gasteiger partial charge in [-0.1, -0.05) is 24.6 Å². The van der Waals surface area contributed by atoms with E-state index in [-0.39, 0.29) is 17.7 Å². The maximum absolute atomic E-state index is 13.3. The van der Waals surface area contributed by atoms with Gasteiger partial charge in [-0.25, -0.2) is 9.59 Å². The fraction of sp³-hybridized carbons (Fsp3) is 0.360. The summed E-state index contributed by atoms with van der Waals surface area (Å²) >= 11 is 6.13. The van der Waals surface area contributed by atoms with E-state index in [0.29, 0.717) is 12.8 Å². The molecule has 1 fully saturated rings. The van der Waals surface area contributed by atoms with Gasteiger partial charge >= 0.3 is 11.9 Å². The maximum atomic E-state index is 13.3. The van der Waals surface area contributed by atoms with Crippen molar-refractivity contribution >= 4 is 46.6 Å². The number of hydrogen-bond donors (Lipinski definition) is 3. The van der Waals surface area contributed by atoms with Gasteiger partial charge in [-0.05, 0) is 54.8 Å². The molecule has 2 aliphatic heterocycles. The van der Waals surface area contributed by atoms with Crippen molar-refractivity contribution in [2.45, 2.75) is 32.2 Å². The van der Waals surface area contributed by atoms with Gasteiger partial charge in [-0.15, -0.1) is 0 Å². The topological polar surface area (TPSA) is 127 Å². The molecule has 35 heavy (non-hydrogen) atoms. The van der Waals surface area contributed by atoms with E-state index in [1.165, 1.54) is 0 Å². The highest BCUT2D eigenvalue weighted by Crippen LogP contribution is 2.26. The molecule has 1 unspecified atom stereocenters. The normalized spacial score (nSPS) is 16.3. The predicted octanol–water partition coefficient (Wildman–Crippen LogP) is 3.16. The van der Waals surface area contributed by atoms with E-state index in [9.17, 15) is 9.59 Å². The highest BCUT2D eigenvalue weighted by Gasteiger charge is 2.29. The SMILES string of the molecule is CCC(C(=O)c1ccc2c(c1)CCC(=O)N2)N1CCN(c2cccc(Cl)c2)CC1.O=C(O)C(=O)O. The van der Waals surface area contributed by atoms with Crippen LogP contribution in [0, 0.1) is 0 Å². The van der Waals surface area contributed by atoms with Crippen molar-refractivity contribution in [3.63, 3.8) is 0 Å². The van der Waals surface area contributed by atoms with E-state index in [4.69, 9.17) is 31.4 Å². The Bertz CT molecular complexity index is 1100. The molecule has 0 radical (unpaired) electrons. The Kier molecular flexibility index (Phi) is 8.84. The van der Waals surface area contributed by atoms with Gasteiger partial charge in [-0.2, -0.15) is 0 Å². The van der Waals surface area contributed by atoms with Crippen LogP contribution < -0.4 is 10.2 Å². The third-order valence-electron chi connectivity index (χ3n) is 6.09. The Morgan fingerprint density at radius 3 is 2.29 bits per heavy atom. The molecule has 4 rings (SSSR count). The summed E-state index contributed by atoms with van der Waals surface area (Å²) in [5.74, 6) is -3.44. The summed E-state index contributed by atoms with van der Waals surface area (Å²) in [6.07, 6.45) is 1.95. The zero-order chi connectivity index (χ0) is 25.5. The van der Waals surface area contributed by atoms with E-state index in [0.717, 1.165) is 60.1 Å². The number of carbonyl (C=O) groups excluding carboxylic acids is 2. The average Bonchev–Trinajstić information content (AvgIpc) is 2.85. The van der Waals surface area contributed by atoms with Gasteiger partial charge in [0.05, 0.1) is 6.04 Å². The Balaban J connectivity index is 0.000000509. The smallest absolute Gasteiger partial charge is 0.414 e. The Hall–Kier alpha value is -3.43. The molecule has 2 aliphatic rings. The predicted molar refractivity (Wildman–Crippen MR) is 132 cm³/mol. The minimum atomic E-state index is -1.82. The number of rotatable bonds is 5. The number of fused-ring (bicyclic) bond motifs is 1. The molecule has 0 saturated carbocycles. The minimum absolute atomic E-state index is 0.0422. The first-order valence-electron chi connectivity index (χ1n) is 11.4. The third-order valence-corrected chi connectivity index (χ3v) is 6.32. The molecule has 2 aromatic rings. The number of halogens is 1. The van der Waals surface area contributed by atoms with Crippen molar-refractivity contribution in [2.75, 3.05) is 36.4 Å². The highest BCUT2D eigenvalue weighted by atomic mass is 35.5. The molecule has 0 bridgehead atoms. The second-order valence-electron chi connectivity index (χ2n) is 8.32. The van der Waals surface area contributed by atoms with Crippen LogP contribution in [0.5, 0.6) is 0 Å². The number of Topliss-reactive ketones (excluding diaryl/α,β-unsaturated/α-hetero) is 1. The van der Waals surface area contributed by atoms with Crippen molar-refractivity contribution < 1.29 is 29.4 Å². The lowest BCUT2D eigenvalue weighted by Crippen LogP contribution is -2.52. The van der Waals surface area contributed by atoms with Gasteiger partial charge in [-0.3, -0.25) is 14.5 Å². The largest absolute Gasteiger partial charge is 0.473 e. The first-order valence-corrected chi connectivity index (χ1v) is 11.7. The zero-order valence-electron chi connectivity index (χ0n) is 19.4. The molecule has 1 amide bonds. The number of nitrogens with zero attached hydrogens (tertiary/aromatic N) is 2. The molecule has 0 spiro atoms. The fourth-order valence-corrected chi connectivity index (χ4v) is 4.49. The van der Waals surface area contributed by atoms with Crippen LogP contribution >= 0.6 is 11.6 Å². The molecule has 186 valence electrons. The first-order chi connectivity index (χ1) is 16.7. The van der Waals surface area contributed by atoms with Crippen LogP contribution in [0.4, 0.5) is 11.4 Å². The minimum Gasteiger partial charge on any atom is -0.473 e. The standard InChI is InChI=1S/C23H26ClN3O2.C2H2O4/c1-2-21(23(29)17-6-8-20-16(14-17)7-9-22(28)25-20)27-12-10-26(11-13-27)19-5-3-4-18(24)15-19;3-1(4)2(5)6/h3-6,8,14-15,21H,2,7,9-13H2,1H3,(H,25,28);(H,3,4)(H,5,6). The average molecular weight is 502 g/mol. The zero-order valence-corrected chi connectivity index (χ0v) is 20.1. The number of benzene rings is 2. The number of anilines is 2. The van der Waals surface area contributed by atoms with E-state index in [1.54, 1.807) is 0 Å². The molecule has 1 saturated heterocycles. The fourth-order valence-electron chi connectivity index (χ4n) is 4.30. The summed E-state index contributed by atoms with van der Waals surface area (Å²) in [4.78, 5) is 47.6. The maximum Gasteiger partial charge on any atom is 0.414 e. The van der Waals surface area contributed by atoms with Crippen LogP contribution in [0.15, 0.2) is 42.5 Å². The number of carboxylic acids is 2. The molecule has 10 heteroatoms. The van der Waals surface area contributed by atoms with Crippen molar-refractivity contribution in [3.05, 3.63) is 58.6 Å². The van der Waals surface area contributed by atoms with Crippen molar-refractivity contribution in [3.8, 4) is 0 Å². The number of piperazine rings is 1. The molecule has 2 aromatic carbocycles. The van der Waals surface area contributed by atoms with Crippen LogP contribution in [-0.4, -0.2) is 71.0 Å². The van der Waals surface area contributed by atoms with Crippen molar-refractivity contribution in [1.82, 2.24) is 4.90 Å². The number of aliphatic carboxylic acids is 2. The van der Waals surface area contributed by atoms with Gasteiger partial charge in [0.2, 0.25) is 5.91 Å². The lowest BCUT2D eigenvalue weighted by atomic mass is 9.95. The number of ketones is 1. The van der Waals surface area contributed by atoms with Gasteiger partial charge in [0.1, 0.15) is 0 Å². The lowest BCUT2D eigenvalue weighted by Gasteiger charge is -2.39. The van der Waals surface area contributed by atoms with E-state index >= 15 is 0 Å². The Morgan fingerprint density at radius 1 is 1.00 bits per heavy atom.